The fraction of sp³-hybridized carbons (Fsp3) is 0.458. The Bertz CT molecular complexity index is 1010. The lowest BCUT2D eigenvalue weighted by Crippen LogP contribution is -2.34. The Morgan fingerprint density at radius 3 is 2.58 bits per heavy atom. The average Bonchev–Trinajstić information content (AvgIpc) is 3.03. The van der Waals surface area contributed by atoms with Gasteiger partial charge in [-0.2, -0.15) is 0 Å². The number of amides is 1. The molecule has 2 aromatic carbocycles. The SMILES string of the molecule is Cc1ccccc1N(CCCC(=O)NCCCN1c2ccccc2C[C@@H]1C)S(C)(=O)=O. The second kappa shape index (κ2) is 10.2. The van der Waals surface area contributed by atoms with E-state index in [9.17, 15) is 13.2 Å². The molecule has 1 aliphatic rings. The first kappa shape index (κ1) is 23.1. The van der Waals surface area contributed by atoms with Gasteiger partial charge in [-0.3, -0.25) is 9.10 Å². The molecule has 1 amide bonds. The van der Waals surface area contributed by atoms with Crippen molar-refractivity contribution in [2.45, 2.75) is 45.6 Å². The summed E-state index contributed by atoms with van der Waals surface area (Å²) in [6.07, 6.45) is 3.94. The van der Waals surface area contributed by atoms with Gasteiger partial charge >= 0.3 is 0 Å². The number of rotatable bonds is 10. The summed E-state index contributed by atoms with van der Waals surface area (Å²) in [5, 5.41) is 2.98. The zero-order chi connectivity index (χ0) is 22.4. The normalized spacial score (nSPS) is 15.6. The summed E-state index contributed by atoms with van der Waals surface area (Å²) in [5.74, 6) is -0.0342. The van der Waals surface area contributed by atoms with Gasteiger partial charge in [-0.05, 0) is 56.4 Å². The van der Waals surface area contributed by atoms with Gasteiger partial charge in [0.15, 0.2) is 0 Å². The molecule has 0 fully saturated rings. The van der Waals surface area contributed by atoms with Crippen molar-refractivity contribution in [1.82, 2.24) is 5.32 Å². The number of para-hydroxylation sites is 2. The van der Waals surface area contributed by atoms with E-state index in [0.29, 0.717) is 37.7 Å². The summed E-state index contributed by atoms with van der Waals surface area (Å²) in [4.78, 5) is 14.7. The molecule has 0 saturated carbocycles. The van der Waals surface area contributed by atoms with E-state index in [1.165, 1.54) is 21.8 Å². The smallest absolute Gasteiger partial charge is 0.232 e. The minimum Gasteiger partial charge on any atom is -0.368 e. The summed E-state index contributed by atoms with van der Waals surface area (Å²) >= 11 is 0. The second-order valence-electron chi connectivity index (χ2n) is 8.30. The highest BCUT2D eigenvalue weighted by atomic mass is 32.2. The lowest BCUT2D eigenvalue weighted by Gasteiger charge is -2.25. The topological polar surface area (TPSA) is 69.7 Å². The van der Waals surface area contributed by atoms with Crippen molar-refractivity contribution in [1.29, 1.82) is 0 Å². The van der Waals surface area contributed by atoms with Gasteiger partial charge in [0.1, 0.15) is 0 Å². The second-order valence-corrected chi connectivity index (χ2v) is 10.2. The zero-order valence-electron chi connectivity index (χ0n) is 18.7. The number of sulfonamides is 1. The van der Waals surface area contributed by atoms with Crippen LogP contribution in [0.25, 0.3) is 0 Å². The van der Waals surface area contributed by atoms with E-state index in [1.54, 1.807) is 6.07 Å². The van der Waals surface area contributed by atoms with Gasteiger partial charge in [0.25, 0.3) is 0 Å². The summed E-state index contributed by atoms with van der Waals surface area (Å²) < 4.78 is 25.9. The molecule has 168 valence electrons. The van der Waals surface area contributed by atoms with E-state index in [0.717, 1.165) is 24.9 Å². The van der Waals surface area contributed by atoms with E-state index in [1.807, 2.05) is 25.1 Å². The Balaban J connectivity index is 1.42. The third-order valence-corrected chi connectivity index (χ3v) is 6.98. The lowest BCUT2D eigenvalue weighted by molar-refractivity contribution is -0.121. The number of aryl methyl sites for hydroxylation is 1. The summed E-state index contributed by atoms with van der Waals surface area (Å²) in [6.45, 7) is 5.95. The van der Waals surface area contributed by atoms with Gasteiger partial charge in [0, 0.05) is 37.8 Å². The molecule has 0 spiro atoms. The van der Waals surface area contributed by atoms with Crippen molar-refractivity contribution in [3.8, 4) is 0 Å². The highest BCUT2D eigenvalue weighted by molar-refractivity contribution is 7.92. The predicted octanol–water partition coefficient (Wildman–Crippen LogP) is 3.50. The van der Waals surface area contributed by atoms with Crippen LogP contribution in [0.5, 0.6) is 0 Å². The van der Waals surface area contributed by atoms with Crippen molar-refractivity contribution in [2.24, 2.45) is 0 Å². The molecule has 3 rings (SSSR count). The highest BCUT2D eigenvalue weighted by Gasteiger charge is 2.24. The average molecular weight is 444 g/mol. The lowest BCUT2D eigenvalue weighted by atomic mass is 10.1. The largest absolute Gasteiger partial charge is 0.368 e. The summed E-state index contributed by atoms with van der Waals surface area (Å²) in [7, 11) is -3.40. The first-order valence-electron chi connectivity index (χ1n) is 10.9. The fourth-order valence-corrected chi connectivity index (χ4v) is 5.25. The number of carbonyl (C=O) groups excluding carboxylic acids is 1. The van der Waals surface area contributed by atoms with Gasteiger partial charge in [0.05, 0.1) is 11.9 Å². The number of benzene rings is 2. The molecule has 0 radical (unpaired) electrons. The molecule has 1 aliphatic heterocycles. The molecule has 31 heavy (non-hydrogen) atoms. The number of fused-ring (bicyclic) bond motifs is 1. The first-order valence-corrected chi connectivity index (χ1v) is 12.8. The zero-order valence-corrected chi connectivity index (χ0v) is 19.5. The maximum Gasteiger partial charge on any atom is 0.232 e. The molecule has 7 heteroatoms. The number of hydrogen-bond acceptors (Lipinski definition) is 4. The van der Waals surface area contributed by atoms with Gasteiger partial charge in [0.2, 0.25) is 15.9 Å². The van der Waals surface area contributed by atoms with E-state index in [2.05, 4.69) is 41.4 Å². The third kappa shape index (κ3) is 6.00. The van der Waals surface area contributed by atoms with E-state index < -0.39 is 10.0 Å². The van der Waals surface area contributed by atoms with Gasteiger partial charge < -0.3 is 10.2 Å². The standard InChI is InChI=1S/C24H33N3O3S/c1-19-10-4-6-12-22(19)27(31(3,29)30)17-8-14-24(28)25-15-9-16-26-20(2)18-21-11-5-7-13-23(21)26/h4-7,10-13,20H,8-9,14-18H2,1-3H3,(H,25,28)/t20-/m0/s1. The molecule has 6 nitrogen and oxygen atoms in total. The monoisotopic (exact) mass is 443 g/mol. The van der Waals surface area contributed by atoms with Crippen LogP contribution in [0.4, 0.5) is 11.4 Å². The summed E-state index contributed by atoms with van der Waals surface area (Å²) in [5.41, 5.74) is 4.27. The first-order chi connectivity index (χ1) is 14.8. The Morgan fingerprint density at radius 2 is 1.84 bits per heavy atom. The number of hydrogen-bond donors (Lipinski definition) is 1. The molecule has 0 saturated heterocycles. The van der Waals surface area contributed by atoms with Gasteiger partial charge in [-0.25, -0.2) is 8.42 Å². The van der Waals surface area contributed by atoms with Crippen LogP contribution in [0, 0.1) is 6.92 Å². The van der Waals surface area contributed by atoms with Crippen molar-refractivity contribution >= 4 is 27.3 Å². The molecular formula is C24H33N3O3S. The molecule has 0 aliphatic carbocycles. The summed E-state index contributed by atoms with van der Waals surface area (Å²) in [6, 6.07) is 16.4. The van der Waals surface area contributed by atoms with Crippen LogP contribution >= 0.6 is 0 Å². The Hall–Kier alpha value is -2.54. The van der Waals surface area contributed by atoms with Crippen LogP contribution < -0.4 is 14.5 Å². The highest BCUT2D eigenvalue weighted by Crippen LogP contribution is 2.31. The van der Waals surface area contributed by atoms with Crippen molar-refractivity contribution in [2.75, 3.05) is 35.1 Å². The van der Waals surface area contributed by atoms with Crippen LogP contribution in [-0.2, 0) is 21.2 Å². The number of anilines is 2. The van der Waals surface area contributed by atoms with E-state index >= 15 is 0 Å². The maximum absolute atomic E-state index is 12.2. The van der Waals surface area contributed by atoms with Crippen LogP contribution in [0.3, 0.4) is 0 Å². The molecule has 1 N–H and O–H groups in total. The third-order valence-electron chi connectivity index (χ3n) is 5.80. The molecule has 0 aromatic heterocycles. The molecular weight excluding hydrogens is 410 g/mol. The quantitative estimate of drug-likeness (QED) is 0.571. The molecule has 0 bridgehead atoms. The maximum atomic E-state index is 12.2. The van der Waals surface area contributed by atoms with Crippen molar-refractivity contribution in [3.63, 3.8) is 0 Å². The number of carbonyl (C=O) groups is 1. The molecule has 2 aromatic rings. The molecule has 1 atom stereocenters. The van der Waals surface area contributed by atoms with Crippen LogP contribution in [0.1, 0.15) is 37.3 Å². The molecule has 1 heterocycles. The van der Waals surface area contributed by atoms with Gasteiger partial charge in [-0.1, -0.05) is 36.4 Å². The predicted molar refractivity (Wildman–Crippen MR) is 127 cm³/mol. The van der Waals surface area contributed by atoms with E-state index in [4.69, 9.17) is 0 Å². The minimum absolute atomic E-state index is 0.0342. The van der Waals surface area contributed by atoms with Crippen LogP contribution in [0.2, 0.25) is 0 Å². The van der Waals surface area contributed by atoms with Crippen LogP contribution in [-0.4, -0.2) is 46.3 Å². The van der Waals surface area contributed by atoms with Gasteiger partial charge in [-0.15, -0.1) is 0 Å². The Morgan fingerprint density at radius 1 is 1.13 bits per heavy atom. The fourth-order valence-electron chi connectivity index (χ4n) is 4.23. The Kier molecular flexibility index (Phi) is 7.59. The van der Waals surface area contributed by atoms with Crippen molar-refractivity contribution < 1.29 is 13.2 Å². The number of nitrogens with zero attached hydrogens (tertiary/aromatic N) is 2. The number of nitrogens with one attached hydrogen (secondary N) is 1. The van der Waals surface area contributed by atoms with Crippen LogP contribution in [0.15, 0.2) is 48.5 Å². The Labute approximate surface area is 186 Å². The van der Waals surface area contributed by atoms with Crippen molar-refractivity contribution in [3.05, 3.63) is 59.7 Å². The van der Waals surface area contributed by atoms with E-state index in [-0.39, 0.29) is 5.91 Å². The minimum atomic E-state index is -3.40. The molecule has 0 unspecified atom stereocenters.